The van der Waals surface area contributed by atoms with Crippen molar-refractivity contribution in [1.29, 1.82) is 0 Å². The van der Waals surface area contributed by atoms with Gasteiger partial charge in [-0.15, -0.1) is 5.10 Å². The third-order valence-corrected chi connectivity index (χ3v) is 25.4. The molecule has 296 valence electrons. The normalized spacial score (nSPS) is 20.5. The van der Waals surface area contributed by atoms with Crippen molar-refractivity contribution < 1.29 is 22.8 Å². The van der Waals surface area contributed by atoms with Crippen LogP contribution in [0.4, 0.5) is 0 Å². The molecule has 0 radical (unpaired) electrons. The minimum atomic E-state index is -2.40. The Morgan fingerprint density at radius 2 is 1.41 bits per heavy atom. The van der Waals surface area contributed by atoms with Gasteiger partial charge in [-0.2, -0.15) is 14.6 Å². The maximum atomic E-state index is 7.41. The molecular formula is C39H63N7O5Si3. The summed E-state index contributed by atoms with van der Waals surface area (Å²) in [6.07, 6.45) is 3.28. The highest BCUT2D eigenvalue weighted by atomic mass is 28.4. The van der Waals surface area contributed by atoms with Crippen LogP contribution in [0.2, 0.25) is 54.4 Å². The van der Waals surface area contributed by atoms with Crippen molar-refractivity contribution in [3.63, 3.8) is 0 Å². The molecule has 1 aromatic carbocycles. The number of nitrogens with zero attached hydrogens (tertiary/aromatic N) is 7. The van der Waals surface area contributed by atoms with Crippen molar-refractivity contribution in [2.75, 3.05) is 13.2 Å². The van der Waals surface area contributed by atoms with Crippen LogP contribution in [0, 0.1) is 0 Å². The van der Waals surface area contributed by atoms with Gasteiger partial charge in [-0.25, -0.2) is 4.98 Å². The van der Waals surface area contributed by atoms with Crippen LogP contribution in [0.5, 0.6) is 5.88 Å². The predicted octanol–water partition coefficient (Wildman–Crippen LogP) is 9.34. The topological polar surface area (TPSA) is 120 Å². The second-order valence-electron chi connectivity index (χ2n) is 19.0. The third-order valence-electron chi connectivity index (χ3n) is 11.9. The number of hydrogen-bond acceptors (Lipinski definition) is 10. The fourth-order valence-electron chi connectivity index (χ4n) is 5.38. The molecular weight excluding hydrogens is 731 g/mol. The van der Waals surface area contributed by atoms with Gasteiger partial charge in [0.25, 0.3) is 5.95 Å². The van der Waals surface area contributed by atoms with Crippen molar-refractivity contribution in [1.82, 2.24) is 34.5 Å². The van der Waals surface area contributed by atoms with Crippen molar-refractivity contribution >= 4 is 36.1 Å². The molecule has 0 amide bonds. The van der Waals surface area contributed by atoms with E-state index in [1.165, 1.54) is 0 Å². The Morgan fingerprint density at radius 1 is 0.815 bits per heavy atom. The van der Waals surface area contributed by atoms with E-state index in [1.807, 2.05) is 34.9 Å². The number of hydrogen-bond donors (Lipinski definition) is 0. The maximum absolute atomic E-state index is 7.41. The Hall–Kier alpha value is -3.06. The zero-order valence-corrected chi connectivity index (χ0v) is 38.2. The summed E-state index contributed by atoms with van der Waals surface area (Å²) in [6, 6.07) is 9.87. The van der Waals surface area contributed by atoms with Gasteiger partial charge in [-0.3, -0.25) is 4.57 Å². The number of imidazole rings is 1. The standard InChI is InChI=1S/C39H63N7O5Si3/c1-17-23-47-34-30-33(41-36(42-34)46-24-28(43-44-46)27-21-19-18-20-22-27)45(26-40-30)35-32(51-54(15,16)39(8,9)10)31(50-53(13,14)38(5,6)7)29(49-35)25-48-52(11,12)37(2,3)4/h17-22,24,26,29,31-32,35H,1,23,25H2,2-16H3/t29-,31-,32-,35-/m1/s1. The van der Waals surface area contributed by atoms with Crippen molar-refractivity contribution in [2.45, 2.75) is 141 Å². The van der Waals surface area contributed by atoms with Crippen LogP contribution in [0.1, 0.15) is 68.5 Å². The molecule has 0 aliphatic carbocycles. The van der Waals surface area contributed by atoms with E-state index >= 15 is 0 Å². The minimum absolute atomic E-state index is 0.0231. The van der Waals surface area contributed by atoms with Gasteiger partial charge in [0.15, 0.2) is 42.3 Å². The molecule has 3 aromatic heterocycles. The molecule has 0 saturated carbocycles. The lowest BCUT2D eigenvalue weighted by Gasteiger charge is -2.44. The lowest BCUT2D eigenvalue weighted by Crippen LogP contribution is -2.54. The third kappa shape index (κ3) is 8.66. The fourth-order valence-corrected chi connectivity index (χ4v) is 9.00. The molecule has 5 rings (SSSR count). The van der Waals surface area contributed by atoms with E-state index in [4.69, 9.17) is 37.7 Å². The van der Waals surface area contributed by atoms with E-state index < -0.39 is 49.5 Å². The first-order valence-electron chi connectivity index (χ1n) is 19.0. The van der Waals surface area contributed by atoms with E-state index in [-0.39, 0.29) is 27.7 Å². The summed E-state index contributed by atoms with van der Waals surface area (Å²) >= 11 is 0. The summed E-state index contributed by atoms with van der Waals surface area (Å²) < 4.78 is 38.4. The Bertz CT molecular complexity index is 1910. The molecule has 4 aromatic rings. The Labute approximate surface area is 325 Å². The van der Waals surface area contributed by atoms with Gasteiger partial charge in [0.1, 0.15) is 30.6 Å². The summed E-state index contributed by atoms with van der Waals surface area (Å²) in [5.74, 6) is 0.585. The first-order valence-corrected chi connectivity index (χ1v) is 27.7. The predicted molar refractivity (Wildman–Crippen MR) is 223 cm³/mol. The fraction of sp³-hybridized carbons (Fsp3) is 0.615. The van der Waals surface area contributed by atoms with Gasteiger partial charge < -0.3 is 22.8 Å². The largest absolute Gasteiger partial charge is 0.472 e. The number of benzene rings is 1. The molecule has 4 heterocycles. The molecule has 0 spiro atoms. The van der Waals surface area contributed by atoms with Crippen LogP contribution in [0.3, 0.4) is 0 Å². The smallest absolute Gasteiger partial charge is 0.257 e. The minimum Gasteiger partial charge on any atom is -0.472 e. The number of rotatable bonds is 13. The van der Waals surface area contributed by atoms with Crippen molar-refractivity contribution in [3.05, 3.63) is 55.5 Å². The SMILES string of the molecule is C=CCOc1nc(-n2cc(-c3ccccc3)nn2)nc2c1ncn2[C@@H]1O[C@H](CO[Si](C)(C)C(C)(C)C)[C@@H](O[Si](C)(C)C(C)(C)C)[C@H]1O[Si](C)(C)C(C)(C)C. The highest BCUT2D eigenvalue weighted by molar-refractivity contribution is 6.75. The van der Waals surface area contributed by atoms with Crippen LogP contribution >= 0.6 is 0 Å². The Kier molecular flexibility index (Phi) is 11.8. The molecule has 0 unspecified atom stereocenters. The first-order chi connectivity index (χ1) is 24.9. The zero-order chi connectivity index (χ0) is 40.1. The average molecular weight is 794 g/mol. The molecule has 1 saturated heterocycles. The lowest BCUT2D eigenvalue weighted by molar-refractivity contribution is -0.0470. The molecule has 1 aliphatic rings. The maximum Gasteiger partial charge on any atom is 0.257 e. The molecule has 1 fully saturated rings. The summed E-state index contributed by atoms with van der Waals surface area (Å²) in [7, 11) is -6.89. The quantitative estimate of drug-likeness (QED) is 0.0957. The molecule has 0 bridgehead atoms. The first kappa shape index (κ1) is 42.1. The van der Waals surface area contributed by atoms with Crippen LogP contribution in [-0.2, 0) is 18.0 Å². The van der Waals surface area contributed by atoms with Crippen LogP contribution < -0.4 is 4.74 Å². The molecule has 15 heteroatoms. The molecule has 4 atom stereocenters. The van der Waals surface area contributed by atoms with Crippen molar-refractivity contribution in [2.24, 2.45) is 0 Å². The van der Waals surface area contributed by atoms with Crippen molar-refractivity contribution in [3.8, 4) is 23.1 Å². The Morgan fingerprint density at radius 3 is 1.98 bits per heavy atom. The van der Waals surface area contributed by atoms with E-state index in [9.17, 15) is 0 Å². The van der Waals surface area contributed by atoms with E-state index in [0.717, 1.165) is 5.56 Å². The molecule has 12 nitrogen and oxygen atoms in total. The van der Waals surface area contributed by atoms with Gasteiger partial charge >= 0.3 is 0 Å². The summed E-state index contributed by atoms with van der Waals surface area (Å²) in [6.45, 7) is 38.4. The summed E-state index contributed by atoms with van der Waals surface area (Å²) in [5.41, 5.74) is 2.63. The Balaban J connectivity index is 1.67. The second kappa shape index (κ2) is 15.1. The second-order valence-corrected chi connectivity index (χ2v) is 33.3. The monoisotopic (exact) mass is 793 g/mol. The van der Waals surface area contributed by atoms with Crippen LogP contribution in [0.25, 0.3) is 28.4 Å². The van der Waals surface area contributed by atoms with Crippen LogP contribution in [0.15, 0.2) is 55.5 Å². The highest BCUT2D eigenvalue weighted by Crippen LogP contribution is 2.47. The van der Waals surface area contributed by atoms with Gasteiger partial charge in [0.2, 0.25) is 5.88 Å². The average Bonchev–Trinajstić information content (AvgIpc) is 3.79. The van der Waals surface area contributed by atoms with E-state index in [2.05, 4.69) is 118 Å². The van der Waals surface area contributed by atoms with Gasteiger partial charge in [0.05, 0.1) is 19.1 Å². The number of fused-ring (bicyclic) bond motifs is 1. The summed E-state index contributed by atoms with van der Waals surface area (Å²) in [5, 5.41) is 8.73. The molecule has 54 heavy (non-hydrogen) atoms. The van der Waals surface area contributed by atoms with Gasteiger partial charge in [0, 0.05) is 5.56 Å². The highest BCUT2D eigenvalue weighted by Gasteiger charge is 2.55. The molecule has 0 N–H and O–H groups in total. The van der Waals surface area contributed by atoms with E-state index in [0.29, 0.717) is 29.3 Å². The summed E-state index contributed by atoms with van der Waals surface area (Å²) in [4.78, 5) is 14.6. The number of ether oxygens (including phenoxy) is 2. The van der Waals surface area contributed by atoms with Crippen LogP contribution in [-0.4, -0.2) is 91.0 Å². The lowest BCUT2D eigenvalue weighted by atomic mass is 10.1. The van der Waals surface area contributed by atoms with Gasteiger partial charge in [-0.1, -0.05) is 111 Å². The number of aromatic nitrogens is 7. The van der Waals surface area contributed by atoms with E-state index in [1.54, 1.807) is 23.3 Å². The molecule has 1 aliphatic heterocycles. The zero-order valence-electron chi connectivity index (χ0n) is 35.2. The van der Waals surface area contributed by atoms with Gasteiger partial charge in [-0.05, 0) is 54.4 Å².